The zero-order valence-corrected chi connectivity index (χ0v) is 9.91. The summed E-state index contributed by atoms with van der Waals surface area (Å²) >= 11 is 1.55. The number of allylic oxidation sites excluding steroid dienone is 3. The standard InChI is InChI=1S/C14H11NOS/c15-14-12(10-7-4-8-11(10)17-14)13(16)9-5-2-1-3-6-9/h1-8,11H,15H2. The molecule has 17 heavy (non-hydrogen) atoms. The third-order valence-electron chi connectivity index (χ3n) is 2.92. The molecule has 2 N–H and O–H groups in total. The monoisotopic (exact) mass is 241 g/mol. The maximum absolute atomic E-state index is 12.4. The fraction of sp³-hybridized carbons (Fsp3) is 0.0714. The van der Waals surface area contributed by atoms with E-state index in [1.165, 1.54) is 0 Å². The largest absolute Gasteiger partial charge is 0.393 e. The lowest BCUT2D eigenvalue weighted by Gasteiger charge is -2.05. The molecule has 0 saturated carbocycles. The number of hydrogen-bond donors (Lipinski definition) is 1. The van der Waals surface area contributed by atoms with Gasteiger partial charge < -0.3 is 5.73 Å². The molecule has 2 nitrogen and oxygen atoms in total. The number of Topliss-reactive ketones (excluding diaryl/α,β-unsaturated/α-hetero) is 1. The number of ketones is 1. The number of thioether (sulfide) groups is 1. The summed E-state index contributed by atoms with van der Waals surface area (Å²) in [6, 6.07) is 9.28. The highest BCUT2D eigenvalue weighted by Gasteiger charge is 2.33. The summed E-state index contributed by atoms with van der Waals surface area (Å²) in [5.74, 6) is 0.0213. The molecule has 3 rings (SSSR count). The van der Waals surface area contributed by atoms with Gasteiger partial charge in [-0.15, -0.1) is 0 Å². The van der Waals surface area contributed by atoms with Crippen LogP contribution in [-0.4, -0.2) is 11.0 Å². The summed E-state index contributed by atoms with van der Waals surface area (Å²) in [5.41, 5.74) is 8.37. The predicted octanol–water partition coefficient (Wildman–Crippen LogP) is 2.65. The Morgan fingerprint density at radius 2 is 2.00 bits per heavy atom. The van der Waals surface area contributed by atoms with Crippen molar-refractivity contribution in [3.05, 3.63) is 70.3 Å². The van der Waals surface area contributed by atoms with E-state index in [0.29, 0.717) is 16.2 Å². The van der Waals surface area contributed by atoms with E-state index in [1.54, 1.807) is 11.8 Å². The summed E-state index contributed by atoms with van der Waals surface area (Å²) in [6.07, 6.45) is 6.03. The maximum Gasteiger partial charge on any atom is 0.195 e. The molecule has 2 aliphatic rings. The molecule has 0 fully saturated rings. The van der Waals surface area contributed by atoms with Crippen molar-refractivity contribution in [1.29, 1.82) is 0 Å². The number of benzene rings is 1. The molecule has 3 heteroatoms. The minimum Gasteiger partial charge on any atom is -0.393 e. The van der Waals surface area contributed by atoms with Gasteiger partial charge in [0.25, 0.3) is 0 Å². The van der Waals surface area contributed by atoms with Crippen LogP contribution in [0.3, 0.4) is 0 Å². The Balaban J connectivity index is 2.01. The van der Waals surface area contributed by atoms with Crippen molar-refractivity contribution in [3.8, 4) is 0 Å². The fourth-order valence-electron chi connectivity index (χ4n) is 2.10. The van der Waals surface area contributed by atoms with E-state index >= 15 is 0 Å². The molecule has 0 aromatic heterocycles. The van der Waals surface area contributed by atoms with Gasteiger partial charge >= 0.3 is 0 Å². The van der Waals surface area contributed by atoms with Gasteiger partial charge in [-0.2, -0.15) is 0 Å². The quantitative estimate of drug-likeness (QED) is 0.809. The van der Waals surface area contributed by atoms with Crippen LogP contribution < -0.4 is 5.73 Å². The van der Waals surface area contributed by atoms with Gasteiger partial charge in [0.1, 0.15) is 0 Å². The molecule has 1 aliphatic carbocycles. The molecule has 1 atom stereocenters. The highest BCUT2D eigenvalue weighted by atomic mass is 32.2. The van der Waals surface area contributed by atoms with Gasteiger partial charge in [-0.3, -0.25) is 4.79 Å². The second-order valence-corrected chi connectivity index (χ2v) is 5.16. The van der Waals surface area contributed by atoms with Crippen LogP contribution in [0, 0.1) is 0 Å². The Labute approximate surface area is 104 Å². The van der Waals surface area contributed by atoms with E-state index < -0.39 is 0 Å². The van der Waals surface area contributed by atoms with Crippen LogP contribution in [0.1, 0.15) is 10.4 Å². The first-order valence-electron chi connectivity index (χ1n) is 5.42. The van der Waals surface area contributed by atoms with Crippen LogP contribution in [0.5, 0.6) is 0 Å². The minimum atomic E-state index is 0.0213. The SMILES string of the molecule is NC1=C(C(=O)c2ccccc2)C2=CC=CC2S1. The number of fused-ring (bicyclic) bond motifs is 1. The molecular formula is C14H11NOS. The van der Waals surface area contributed by atoms with E-state index in [1.807, 2.05) is 42.5 Å². The minimum absolute atomic E-state index is 0.0213. The Kier molecular flexibility index (Phi) is 2.41. The lowest BCUT2D eigenvalue weighted by molar-refractivity contribution is 0.103. The van der Waals surface area contributed by atoms with Crippen molar-refractivity contribution in [2.75, 3.05) is 0 Å². The normalized spacial score (nSPS) is 21.6. The first-order valence-corrected chi connectivity index (χ1v) is 6.30. The number of hydrogen-bond acceptors (Lipinski definition) is 3. The van der Waals surface area contributed by atoms with Crippen LogP contribution in [0.4, 0.5) is 0 Å². The fourth-order valence-corrected chi connectivity index (χ4v) is 3.20. The first kappa shape index (κ1) is 10.4. The van der Waals surface area contributed by atoms with E-state index in [4.69, 9.17) is 5.73 Å². The van der Waals surface area contributed by atoms with Crippen molar-refractivity contribution >= 4 is 17.5 Å². The third kappa shape index (κ3) is 1.63. The lowest BCUT2D eigenvalue weighted by Crippen LogP contribution is -2.08. The molecule has 1 aromatic carbocycles. The van der Waals surface area contributed by atoms with Crippen LogP contribution in [0.15, 0.2) is 64.7 Å². The predicted molar refractivity (Wildman–Crippen MR) is 70.6 cm³/mol. The highest BCUT2D eigenvalue weighted by Crippen LogP contribution is 2.43. The van der Waals surface area contributed by atoms with E-state index in [2.05, 4.69) is 6.08 Å². The number of rotatable bonds is 2. The van der Waals surface area contributed by atoms with E-state index in [0.717, 1.165) is 5.57 Å². The molecule has 0 bridgehead atoms. The number of carbonyl (C=O) groups is 1. The molecule has 0 spiro atoms. The van der Waals surface area contributed by atoms with Gasteiger partial charge in [0, 0.05) is 5.56 Å². The van der Waals surface area contributed by atoms with Crippen molar-refractivity contribution in [1.82, 2.24) is 0 Å². The summed E-state index contributed by atoms with van der Waals surface area (Å²) in [6.45, 7) is 0. The first-order chi connectivity index (χ1) is 8.27. The molecular weight excluding hydrogens is 230 g/mol. The van der Waals surface area contributed by atoms with Crippen molar-refractivity contribution < 1.29 is 4.79 Å². The number of nitrogens with two attached hydrogens (primary N) is 1. The number of carbonyl (C=O) groups excluding carboxylic acids is 1. The van der Waals surface area contributed by atoms with Gasteiger partial charge in [-0.25, -0.2) is 0 Å². The molecule has 1 aromatic rings. The van der Waals surface area contributed by atoms with Gasteiger partial charge in [0.2, 0.25) is 0 Å². The molecule has 0 radical (unpaired) electrons. The highest BCUT2D eigenvalue weighted by molar-refractivity contribution is 8.04. The summed E-state index contributed by atoms with van der Waals surface area (Å²) < 4.78 is 0. The van der Waals surface area contributed by atoms with Gasteiger partial charge in [0.05, 0.1) is 15.9 Å². The van der Waals surface area contributed by atoms with Gasteiger partial charge in [-0.1, -0.05) is 60.3 Å². The summed E-state index contributed by atoms with van der Waals surface area (Å²) in [5, 5.41) is 0.872. The Morgan fingerprint density at radius 3 is 2.76 bits per heavy atom. The summed E-state index contributed by atoms with van der Waals surface area (Å²) in [7, 11) is 0. The zero-order chi connectivity index (χ0) is 11.8. The lowest BCUT2D eigenvalue weighted by atomic mass is 9.97. The smallest absolute Gasteiger partial charge is 0.195 e. The van der Waals surface area contributed by atoms with E-state index in [-0.39, 0.29) is 11.0 Å². The molecule has 0 amide bonds. The average molecular weight is 241 g/mol. The van der Waals surface area contributed by atoms with Gasteiger partial charge in [-0.05, 0) is 5.57 Å². The molecule has 84 valence electrons. The van der Waals surface area contributed by atoms with Gasteiger partial charge in [0.15, 0.2) is 5.78 Å². The maximum atomic E-state index is 12.4. The second kappa shape index (κ2) is 3.93. The van der Waals surface area contributed by atoms with E-state index in [9.17, 15) is 4.79 Å². The Bertz CT molecular complexity index is 569. The average Bonchev–Trinajstić information content (AvgIpc) is 2.89. The topological polar surface area (TPSA) is 43.1 Å². The van der Waals surface area contributed by atoms with Crippen molar-refractivity contribution in [2.24, 2.45) is 5.73 Å². The Morgan fingerprint density at radius 1 is 1.24 bits per heavy atom. The van der Waals surface area contributed by atoms with Crippen LogP contribution >= 0.6 is 11.8 Å². The third-order valence-corrected chi connectivity index (χ3v) is 4.04. The van der Waals surface area contributed by atoms with Crippen LogP contribution in [-0.2, 0) is 0 Å². The molecule has 1 unspecified atom stereocenters. The molecule has 0 saturated heterocycles. The molecule has 1 aliphatic heterocycles. The van der Waals surface area contributed by atoms with Crippen molar-refractivity contribution in [2.45, 2.75) is 5.25 Å². The van der Waals surface area contributed by atoms with Crippen LogP contribution in [0.25, 0.3) is 0 Å². The summed E-state index contributed by atoms with van der Waals surface area (Å²) in [4.78, 5) is 12.4. The van der Waals surface area contributed by atoms with Crippen molar-refractivity contribution in [3.63, 3.8) is 0 Å². The van der Waals surface area contributed by atoms with Crippen LogP contribution in [0.2, 0.25) is 0 Å². The Hall–Kier alpha value is -1.74. The zero-order valence-electron chi connectivity index (χ0n) is 9.09. The second-order valence-electron chi connectivity index (χ2n) is 3.98. The molecule has 1 heterocycles.